The molecule has 14 nitrogen and oxygen atoms in total. The number of guanidine groups is 1. The van der Waals surface area contributed by atoms with Gasteiger partial charge < -0.3 is 36.5 Å². The third kappa shape index (κ3) is 19.7. The molecule has 2 aliphatic carbocycles. The maximum atomic E-state index is 13.8. The zero-order valence-corrected chi connectivity index (χ0v) is 39.5. The normalized spacial score (nSPS) is 17.5. The molecule has 2 aliphatic rings. The van der Waals surface area contributed by atoms with Crippen molar-refractivity contribution in [3.8, 4) is 0 Å². The Kier molecular flexibility index (Phi) is 22.1. The van der Waals surface area contributed by atoms with Crippen LogP contribution in [0.3, 0.4) is 0 Å². The summed E-state index contributed by atoms with van der Waals surface area (Å²) < 4.78 is 88.7. The van der Waals surface area contributed by atoms with Crippen LogP contribution in [0, 0.1) is 34.9 Å². The summed E-state index contributed by atoms with van der Waals surface area (Å²) in [6.45, 7) is 4.08. The Labute approximate surface area is 409 Å². The molecule has 0 aromatic heterocycles. The molecule has 0 unspecified atom stereocenters. The zero-order chi connectivity index (χ0) is 50.6. The molecule has 8 N–H and O–H groups in total. The minimum Gasteiger partial charge on any atom is -0.450 e. The second kappa shape index (κ2) is 27.6. The second-order valence-corrected chi connectivity index (χ2v) is 16.7. The Balaban J connectivity index is 0.000000260. The standard InChI is InChI=1S/C23H24ClF3N4O3.C17H21F2N3O3S.C6H5ClFN/c1-2-34-23(33)30-17-6-4-16(5-7-17)28-22(29-18-11-14(24)10-15(25)12-18)31-21(32)13-3-8-19(26)20(27)9-13;1-2-25-17(24)21-12-6-4-11(5-7-12)20-16(26)22-15(23)10-3-8-13(18)14(19)9-10;7-4-1-5(8)3-6(9)2-4/h3,8-12,16-17H,2,4-7H2,1H3,(H,30,33)(H2,28,29,31,32);3,8-9,11-12H,2,4-7H2,1H3,(H,21,24)(H2,20,22,23,26);1-3H,9H2. The number of ether oxygens (including phenoxy) is 2. The fraction of sp³-hybridized carbons (Fsp3) is 0.348. The van der Waals surface area contributed by atoms with Crippen LogP contribution in [0.2, 0.25) is 10.0 Å². The molecule has 0 bridgehead atoms. The van der Waals surface area contributed by atoms with Gasteiger partial charge >= 0.3 is 12.2 Å². The first-order valence-corrected chi connectivity index (χ1v) is 22.7. The molecule has 6 rings (SSSR count). The predicted molar refractivity (Wildman–Crippen MR) is 254 cm³/mol. The van der Waals surface area contributed by atoms with Crippen LogP contribution in [0.1, 0.15) is 85.9 Å². The fourth-order valence-corrected chi connectivity index (χ4v) is 7.59. The first-order valence-electron chi connectivity index (χ1n) is 21.5. The van der Waals surface area contributed by atoms with E-state index in [1.807, 2.05) is 0 Å². The highest BCUT2D eigenvalue weighted by Crippen LogP contribution is 2.24. The minimum atomic E-state index is -1.16. The van der Waals surface area contributed by atoms with Crippen LogP contribution < -0.4 is 37.6 Å². The molecule has 23 heteroatoms. The van der Waals surface area contributed by atoms with Gasteiger partial charge in [-0.05, 0) is 150 Å². The smallest absolute Gasteiger partial charge is 0.407 e. The number of carbonyl (C=O) groups excluding carboxylic acids is 4. The van der Waals surface area contributed by atoms with E-state index in [9.17, 15) is 45.5 Å². The number of halogens is 8. The number of benzene rings is 4. The average Bonchev–Trinajstić information content (AvgIpc) is 3.26. The van der Waals surface area contributed by atoms with E-state index in [2.05, 4.69) is 36.9 Å². The number of nitrogens with one attached hydrogen (secondary N) is 6. The maximum absolute atomic E-state index is 13.8. The molecule has 0 atom stereocenters. The van der Waals surface area contributed by atoms with Gasteiger partial charge in [0.25, 0.3) is 11.8 Å². The molecule has 69 heavy (non-hydrogen) atoms. The lowest BCUT2D eigenvalue weighted by molar-refractivity contribution is 0.0967. The van der Waals surface area contributed by atoms with Crippen molar-refractivity contribution >= 4 is 81.9 Å². The summed E-state index contributed by atoms with van der Waals surface area (Å²) in [4.78, 5) is 52.2. The van der Waals surface area contributed by atoms with Crippen molar-refractivity contribution in [3.05, 3.63) is 129 Å². The van der Waals surface area contributed by atoms with Crippen molar-refractivity contribution in [1.29, 1.82) is 0 Å². The van der Waals surface area contributed by atoms with Gasteiger partial charge in [0.1, 0.15) is 11.6 Å². The molecule has 2 fully saturated rings. The summed E-state index contributed by atoms with van der Waals surface area (Å²) in [6, 6.07) is 13.2. The number of anilines is 2. The van der Waals surface area contributed by atoms with Gasteiger partial charge in [-0.3, -0.25) is 20.2 Å². The van der Waals surface area contributed by atoms with Crippen LogP contribution in [0.4, 0.5) is 47.3 Å². The highest BCUT2D eigenvalue weighted by Gasteiger charge is 2.25. The van der Waals surface area contributed by atoms with Gasteiger partial charge in [0.05, 0.1) is 19.3 Å². The van der Waals surface area contributed by atoms with E-state index in [1.165, 1.54) is 36.4 Å². The molecule has 0 spiro atoms. The van der Waals surface area contributed by atoms with Gasteiger partial charge in [0, 0.05) is 50.7 Å². The number of thiocarbonyl (C=S) groups is 1. The summed E-state index contributed by atoms with van der Waals surface area (Å²) >= 11 is 16.4. The van der Waals surface area contributed by atoms with E-state index in [0.29, 0.717) is 43.0 Å². The maximum Gasteiger partial charge on any atom is 0.407 e. The third-order valence-corrected chi connectivity index (χ3v) is 10.8. The Bertz CT molecular complexity index is 2390. The van der Waals surface area contributed by atoms with Crippen molar-refractivity contribution in [2.75, 3.05) is 24.3 Å². The van der Waals surface area contributed by atoms with Gasteiger partial charge in [-0.2, -0.15) is 0 Å². The van der Waals surface area contributed by atoms with Gasteiger partial charge in [-0.25, -0.2) is 40.9 Å². The van der Waals surface area contributed by atoms with E-state index in [-0.39, 0.29) is 63.7 Å². The number of nitrogens with zero attached hydrogens (tertiary/aromatic N) is 1. The molecular formula is C46H50Cl2F6N8O6S. The Morgan fingerprint density at radius 3 is 1.51 bits per heavy atom. The molecular weight excluding hydrogens is 978 g/mol. The van der Waals surface area contributed by atoms with Crippen LogP contribution >= 0.6 is 35.4 Å². The van der Waals surface area contributed by atoms with Crippen molar-refractivity contribution in [1.82, 2.24) is 26.6 Å². The highest BCUT2D eigenvalue weighted by atomic mass is 35.5. The Morgan fingerprint density at radius 1 is 0.609 bits per heavy atom. The van der Waals surface area contributed by atoms with Crippen LogP contribution in [-0.2, 0) is 9.47 Å². The lowest BCUT2D eigenvalue weighted by Gasteiger charge is -2.30. The van der Waals surface area contributed by atoms with Crippen LogP contribution in [0.5, 0.6) is 0 Å². The molecule has 0 radical (unpaired) electrons. The van der Waals surface area contributed by atoms with Crippen molar-refractivity contribution < 1.29 is 55.0 Å². The highest BCUT2D eigenvalue weighted by molar-refractivity contribution is 7.80. The molecule has 2 saturated carbocycles. The molecule has 0 aliphatic heterocycles. The molecule has 4 aromatic carbocycles. The fourth-order valence-electron chi connectivity index (χ4n) is 6.88. The van der Waals surface area contributed by atoms with Gasteiger partial charge in [-0.15, -0.1) is 0 Å². The Morgan fingerprint density at radius 2 is 1.06 bits per heavy atom. The van der Waals surface area contributed by atoms with Crippen molar-refractivity contribution in [3.63, 3.8) is 0 Å². The van der Waals surface area contributed by atoms with E-state index in [4.69, 9.17) is 50.6 Å². The number of carbonyl (C=O) groups is 4. The SMILES string of the molecule is CCOC(=O)NC1CCC(N=C(NC(=O)c2ccc(F)c(F)c2)Nc2cc(F)cc(Cl)c2)CC1.CCOC(=O)NC1CCC(NC(=S)NC(=O)c2ccc(F)c(F)c2)CC1.Nc1cc(F)cc(Cl)c1. The Hall–Kier alpha value is -6.32. The summed E-state index contributed by atoms with van der Waals surface area (Å²) in [7, 11) is 0. The predicted octanol–water partition coefficient (Wildman–Crippen LogP) is 9.70. The zero-order valence-electron chi connectivity index (χ0n) is 37.2. The number of hydrogen-bond acceptors (Lipinski definition) is 9. The van der Waals surface area contributed by atoms with E-state index in [1.54, 1.807) is 13.8 Å². The van der Waals surface area contributed by atoms with Gasteiger partial charge in [-0.1, -0.05) is 23.2 Å². The summed E-state index contributed by atoms with van der Waals surface area (Å²) in [6.07, 6.45) is 4.65. The van der Waals surface area contributed by atoms with E-state index in [0.717, 1.165) is 62.1 Å². The van der Waals surface area contributed by atoms with E-state index < -0.39 is 58.9 Å². The number of nitrogen functional groups attached to an aromatic ring is 1. The largest absolute Gasteiger partial charge is 0.450 e. The molecule has 4 amide bonds. The monoisotopic (exact) mass is 1030 g/mol. The second-order valence-electron chi connectivity index (χ2n) is 15.4. The van der Waals surface area contributed by atoms with Crippen LogP contribution in [0.15, 0.2) is 77.8 Å². The lowest BCUT2D eigenvalue weighted by Crippen LogP contribution is -2.48. The minimum absolute atomic E-state index is 0.00167. The summed E-state index contributed by atoms with van der Waals surface area (Å²) in [5.74, 6) is -6.69. The molecule has 4 aromatic rings. The van der Waals surface area contributed by atoms with Crippen molar-refractivity contribution in [2.45, 2.75) is 89.4 Å². The summed E-state index contributed by atoms with van der Waals surface area (Å²) in [5.41, 5.74) is 5.69. The quantitative estimate of drug-likeness (QED) is 0.0279. The van der Waals surface area contributed by atoms with Crippen molar-refractivity contribution in [2.24, 2.45) is 4.99 Å². The van der Waals surface area contributed by atoms with Gasteiger partial charge in [0.15, 0.2) is 28.4 Å². The number of aliphatic imine (C=N–C) groups is 1. The summed E-state index contributed by atoms with van der Waals surface area (Å²) in [5, 5.41) is 17.0. The molecule has 0 saturated heterocycles. The van der Waals surface area contributed by atoms with Crippen LogP contribution in [-0.4, -0.2) is 72.5 Å². The number of hydrogen-bond donors (Lipinski definition) is 7. The lowest BCUT2D eigenvalue weighted by atomic mass is 9.91. The molecule has 372 valence electrons. The number of alkyl carbamates (subject to hydrolysis) is 2. The first-order chi connectivity index (χ1) is 32.8. The number of nitrogens with two attached hydrogens (primary N) is 1. The average molecular weight is 1030 g/mol. The first kappa shape index (κ1) is 55.3. The van der Waals surface area contributed by atoms with E-state index >= 15 is 0 Å². The molecule has 0 heterocycles. The third-order valence-electron chi connectivity index (χ3n) is 10.1. The number of amides is 4. The van der Waals surface area contributed by atoms with Crippen LogP contribution in [0.25, 0.3) is 0 Å². The topological polar surface area (TPSA) is 197 Å². The van der Waals surface area contributed by atoms with Gasteiger partial charge in [0.2, 0.25) is 5.96 Å². The number of rotatable bonds is 9.